The highest BCUT2D eigenvalue weighted by Gasteiger charge is 2.19. The Kier molecular flexibility index (Phi) is 5.56. The molecule has 5 N–H and O–H groups in total. The number of ketones is 1. The van der Waals surface area contributed by atoms with E-state index in [2.05, 4.69) is 10.3 Å². The van der Waals surface area contributed by atoms with Crippen LogP contribution in [0.5, 0.6) is 0 Å². The van der Waals surface area contributed by atoms with Gasteiger partial charge in [-0.25, -0.2) is 4.98 Å². The minimum atomic E-state index is -0.413. The Morgan fingerprint density at radius 3 is 2.14 bits per heavy atom. The van der Waals surface area contributed by atoms with Crippen molar-refractivity contribution < 1.29 is 14.0 Å². The number of rotatable bonds is 6. The number of hydrogen-bond acceptors (Lipinski definition) is 6. The van der Waals surface area contributed by atoms with Crippen LogP contribution in [0, 0.1) is 5.92 Å². The first-order valence-electron chi connectivity index (χ1n) is 8.88. The Labute approximate surface area is 162 Å². The second-order valence-electron chi connectivity index (χ2n) is 6.82. The van der Waals surface area contributed by atoms with Crippen LogP contribution in [0.25, 0.3) is 0 Å². The normalized spacial score (nSPS) is 12.0. The molecule has 144 valence electrons. The summed E-state index contributed by atoms with van der Waals surface area (Å²) in [7, 11) is 0. The number of anilines is 2. The average Bonchev–Trinajstić information content (AvgIpc) is 3.18. The summed E-state index contributed by atoms with van der Waals surface area (Å²) in [6.45, 7) is 3.89. The molecule has 28 heavy (non-hydrogen) atoms. The molecule has 3 aromatic rings. The summed E-state index contributed by atoms with van der Waals surface area (Å²) in [5.41, 5.74) is 14.0. The summed E-state index contributed by atoms with van der Waals surface area (Å²) in [4.78, 5) is 29.0. The Morgan fingerprint density at radius 2 is 1.57 bits per heavy atom. The molecule has 7 heteroatoms. The van der Waals surface area contributed by atoms with Crippen molar-refractivity contribution in [3.63, 3.8) is 0 Å². The number of aromatic nitrogens is 1. The van der Waals surface area contributed by atoms with Gasteiger partial charge in [0.15, 0.2) is 11.5 Å². The van der Waals surface area contributed by atoms with Gasteiger partial charge in [-0.3, -0.25) is 9.59 Å². The number of nitrogens with one attached hydrogen (secondary N) is 1. The molecule has 1 amide bonds. The number of nitrogens with zero attached hydrogens (tertiary/aromatic N) is 1. The Bertz CT molecular complexity index is 976. The highest BCUT2D eigenvalue weighted by atomic mass is 16.3. The molecule has 2 aromatic carbocycles. The minimum Gasteiger partial charge on any atom is -0.446 e. The van der Waals surface area contributed by atoms with E-state index in [4.69, 9.17) is 15.9 Å². The number of amides is 1. The van der Waals surface area contributed by atoms with Gasteiger partial charge in [-0.2, -0.15) is 0 Å². The number of carbonyl (C=O) groups is 2. The number of hydrogen-bond donors (Lipinski definition) is 3. The zero-order valence-corrected chi connectivity index (χ0v) is 15.7. The van der Waals surface area contributed by atoms with Crippen LogP contribution in [-0.2, 0) is 0 Å². The zero-order valence-electron chi connectivity index (χ0n) is 15.7. The molecule has 1 heterocycles. The first-order valence-corrected chi connectivity index (χ1v) is 8.88. The van der Waals surface area contributed by atoms with Crippen molar-refractivity contribution in [2.24, 2.45) is 11.7 Å². The molecule has 0 saturated carbocycles. The van der Waals surface area contributed by atoms with E-state index in [1.54, 1.807) is 48.5 Å². The Balaban J connectivity index is 1.68. The molecular weight excluding hydrogens is 356 g/mol. The fourth-order valence-electron chi connectivity index (χ4n) is 2.53. The van der Waals surface area contributed by atoms with Crippen LogP contribution in [0.4, 0.5) is 11.4 Å². The molecule has 0 radical (unpaired) electrons. The number of oxazole rings is 1. The maximum Gasteiger partial charge on any atom is 0.277 e. The smallest absolute Gasteiger partial charge is 0.277 e. The van der Waals surface area contributed by atoms with E-state index in [9.17, 15) is 9.59 Å². The quantitative estimate of drug-likeness (QED) is 0.446. The fourth-order valence-corrected chi connectivity index (χ4v) is 2.53. The first-order chi connectivity index (χ1) is 13.3. The number of nitrogen functional groups attached to an aromatic ring is 1. The van der Waals surface area contributed by atoms with Gasteiger partial charge in [0, 0.05) is 22.5 Å². The molecular formula is C21H22N4O3. The van der Waals surface area contributed by atoms with Crippen molar-refractivity contribution in [3.05, 3.63) is 77.5 Å². The molecule has 0 spiro atoms. The van der Waals surface area contributed by atoms with E-state index < -0.39 is 5.91 Å². The van der Waals surface area contributed by atoms with Gasteiger partial charge in [0.05, 0.1) is 6.04 Å². The van der Waals surface area contributed by atoms with Crippen molar-refractivity contribution >= 4 is 23.1 Å². The third-order valence-electron chi connectivity index (χ3n) is 4.34. The van der Waals surface area contributed by atoms with Crippen LogP contribution in [0.3, 0.4) is 0 Å². The molecule has 1 atom stereocenters. The monoisotopic (exact) mass is 378 g/mol. The first kappa shape index (κ1) is 19.3. The predicted molar refractivity (Wildman–Crippen MR) is 107 cm³/mol. The van der Waals surface area contributed by atoms with Gasteiger partial charge in [0.25, 0.3) is 5.91 Å². The van der Waals surface area contributed by atoms with Crippen LogP contribution in [0.2, 0.25) is 0 Å². The summed E-state index contributed by atoms with van der Waals surface area (Å²) in [6.07, 6.45) is 1.28. The number of nitrogens with two attached hydrogens (primary N) is 2. The maximum absolute atomic E-state index is 12.5. The van der Waals surface area contributed by atoms with Gasteiger partial charge in [0.2, 0.25) is 5.89 Å². The second-order valence-corrected chi connectivity index (χ2v) is 6.82. The van der Waals surface area contributed by atoms with Gasteiger partial charge in [0.1, 0.15) is 6.26 Å². The minimum absolute atomic E-state index is 0.123. The van der Waals surface area contributed by atoms with Crippen molar-refractivity contribution in [2.75, 3.05) is 11.1 Å². The van der Waals surface area contributed by atoms with Gasteiger partial charge >= 0.3 is 0 Å². The number of benzene rings is 2. The van der Waals surface area contributed by atoms with Crippen LogP contribution < -0.4 is 16.8 Å². The molecule has 1 unspecified atom stereocenters. The predicted octanol–water partition coefficient (Wildman–Crippen LogP) is 3.40. The van der Waals surface area contributed by atoms with Gasteiger partial charge in [-0.05, 0) is 54.4 Å². The third-order valence-corrected chi connectivity index (χ3v) is 4.34. The molecule has 3 rings (SSSR count). The summed E-state index contributed by atoms with van der Waals surface area (Å²) in [5.74, 6) is -0.0736. The highest BCUT2D eigenvalue weighted by Crippen LogP contribution is 2.19. The van der Waals surface area contributed by atoms with Crippen molar-refractivity contribution in [2.45, 2.75) is 19.9 Å². The van der Waals surface area contributed by atoms with E-state index in [0.717, 1.165) is 0 Å². The topological polar surface area (TPSA) is 124 Å². The zero-order chi connectivity index (χ0) is 20.3. The summed E-state index contributed by atoms with van der Waals surface area (Å²) < 4.78 is 5.30. The summed E-state index contributed by atoms with van der Waals surface area (Å²) in [5, 5.41) is 2.72. The molecule has 0 fully saturated rings. The van der Waals surface area contributed by atoms with Crippen LogP contribution in [0.1, 0.15) is 52.2 Å². The van der Waals surface area contributed by atoms with Crippen LogP contribution in [0.15, 0.2) is 59.2 Å². The summed E-state index contributed by atoms with van der Waals surface area (Å²) >= 11 is 0. The van der Waals surface area contributed by atoms with Gasteiger partial charge in [-0.15, -0.1) is 0 Å². The van der Waals surface area contributed by atoms with E-state index in [1.807, 2.05) is 13.8 Å². The van der Waals surface area contributed by atoms with E-state index in [0.29, 0.717) is 28.4 Å². The average molecular weight is 378 g/mol. The fraction of sp³-hybridized carbons (Fsp3) is 0.190. The lowest BCUT2D eigenvalue weighted by atomic mass is 10.0. The van der Waals surface area contributed by atoms with Crippen molar-refractivity contribution in [1.82, 2.24) is 4.98 Å². The van der Waals surface area contributed by atoms with Crippen LogP contribution >= 0.6 is 0 Å². The highest BCUT2D eigenvalue weighted by molar-refractivity contribution is 6.09. The Morgan fingerprint density at radius 1 is 1.00 bits per heavy atom. The lowest BCUT2D eigenvalue weighted by Crippen LogP contribution is -2.18. The number of carbonyl (C=O) groups excluding carboxylic acids is 2. The molecule has 0 aliphatic heterocycles. The lowest BCUT2D eigenvalue weighted by Gasteiger charge is -2.10. The standard InChI is InChI=1S/C21H22N4O3/c1-12(2)18(23)21-25-17(11-28-21)20(27)24-16-9-5-14(6-10-16)19(26)13-3-7-15(22)8-4-13/h3-12,18H,22-23H2,1-2H3,(H,24,27). The van der Waals surface area contributed by atoms with Gasteiger partial charge < -0.3 is 21.2 Å². The Hall–Kier alpha value is -3.45. The van der Waals surface area contributed by atoms with E-state index >= 15 is 0 Å². The van der Waals surface area contributed by atoms with Crippen LogP contribution in [-0.4, -0.2) is 16.7 Å². The van der Waals surface area contributed by atoms with E-state index in [-0.39, 0.29) is 23.4 Å². The molecule has 1 aromatic heterocycles. The third kappa shape index (κ3) is 4.27. The molecule has 0 aliphatic rings. The molecule has 0 bridgehead atoms. The second kappa shape index (κ2) is 8.06. The van der Waals surface area contributed by atoms with E-state index in [1.165, 1.54) is 6.26 Å². The SMILES string of the molecule is CC(C)C(N)c1nc(C(=O)Nc2ccc(C(=O)c3ccc(N)cc3)cc2)co1. The molecule has 0 saturated heterocycles. The maximum atomic E-state index is 12.5. The molecule has 7 nitrogen and oxygen atoms in total. The molecule has 0 aliphatic carbocycles. The van der Waals surface area contributed by atoms with Crippen molar-refractivity contribution in [3.8, 4) is 0 Å². The van der Waals surface area contributed by atoms with Gasteiger partial charge in [-0.1, -0.05) is 13.8 Å². The van der Waals surface area contributed by atoms with Crippen molar-refractivity contribution in [1.29, 1.82) is 0 Å². The summed E-state index contributed by atoms with van der Waals surface area (Å²) in [6, 6.07) is 13.0. The largest absolute Gasteiger partial charge is 0.446 e. The lowest BCUT2D eigenvalue weighted by molar-refractivity contribution is 0.101.